The maximum absolute atomic E-state index is 12.4. The van der Waals surface area contributed by atoms with Crippen molar-refractivity contribution in [3.63, 3.8) is 0 Å². The SMILES string of the molecule is COc1ccccc1C(C#N)NC(=O)C1CC1c1cccnc1. The van der Waals surface area contributed by atoms with E-state index in [2.05, 4.69) is 16.4 Å². The fraction of sp³-hybridized carbons (Fsp3) is 0.278. The van der Waals surface area contributed by atoms with E-state index in [1.54, 1.807) is 31.6 Å². The molecule has 1 aromatic carbocycles. The van der Waals surface area contributed by atoms with E-state index in [-0.39, 0.29) is 17.7 Å². The number of nitrogens with zero attached hydrogens (tertiary/aromatic N) is 2. The highest BCUT2D eigenvalue weighted by Crippen LogP contribution is 2.47. The van der Waals surface area contributed by atoms with E-state index in [0.29, 0.717) is 11.3 Å². The van der Waals surface area contributed by atoms with Crippen LogP contribution in [0.5, 0.6) is 5.75 Å². The zero-order chi connectivity index (χ0) is 16.2. The van der Waals surface area contributed by atoms with Crippen molar-refractivity contribution in [1.82, 2.24) is 10.3 Å². The van der Waals surface area contributed by atoms with Crippen LogP contribution in [0.15, 0.2) is 48.8 Å². The first-order valence-corrected chi connectivity index (χ1v) is 7.47. The van der Waals surface area contributed by atoms with E-state index in [4.69, 9.17) is 4.74 Å². The molecule has 23 heavy (non-hydrogen) atoms. The Bertz CT molecular complexity index is 739. The van der Waals surface area contributed by atoms with Gasteiger partial charge in [-0.2, -0.15) is 5.26 Å². The van der Waals surface area contributed by atoms with Gasteiger partial charge in [0.25, 0.3) is 0 Å². The Balaban J connectivity index is 1.69. The van der Waals surface area contributed by atoms with E-state index in [9.17, 15) is 10.1 Å². The molecule has 5 nitrogen and oxygen atoms in total. The summed E-state index contributed by atoms with van der Waals surface area (Å²) in [6.07, 6.45) is 4.30. The van der Waals surface area contributed by atoms with E-state index in [1.165, 1.54) is 0 Å². The fourth-order valence-corrected chi connectivity index (χ4v) is 2.78. The summed E-state index contributed by atoms with van der Waals surface area (Å²) in [5, 5.41) is 12.2. The molecule has 1 N–H and O–H groups in total. The third-order valence-corrected chi connectivity index (χ3v) is 4.11. The Labute approximate surface area is 134 Å². The minimum absolute atomic E-state index is 0.0928. The van der Waals surface area contributed by atoms with Crippen LogP contribution >= 0.6 is 0 Å². The van der Waals surface area contributed by atoms with Gasteiger partial charge in [-0.05, 0) is 30.0 Å². The van der Waals surface area contributed by atoms with Crippen molar-refractivity contribution in [2.24, 2.45) is 5.92 Å². The summed E-state index contributed by atoms with van der Waals surface area (Å²) in [7, 11) is 1.55. The number of carbonyl (C=O) groups is 1. The largest absolute Gasteiger partial charge is 0.496 e. The van der Waals surface area contributed by atoms with Crippen molar-refractivity contribution in [2.75, 3.05) is 7.11 Å². The van der Waals surface area contributed by atoms with Gasteiger partial charge < -0.3 is 10.1 Å². The minimum atomic E-state index is -0.714. The lowest BCUT2D eigenvalue weighted by molar-refractivity contribution is -0.122. The van der Waals surface area contributed by atoms with Gasteiger partial charge in [0.15, 0.2) is 0 Å². The smallest absolute Gasteiger partial charge is 0.225 e. The maximum Gasteiger partial charge on any atom is 0.225 e. The summed E-state index contributed by atoms with van der Waals surface area (Å²) in [6, 6.07) is 12.5. The summed E-state index contributed by atoms with van der Waals surface area (Å²) in [5.41, 5.74) is 1.74. The highest BCUT2D eigenvalue weighted by atomic mass is 16.5. The summed E-state index contributed by atoms with van der Waals surface area (Å²) in [4.78, 5) is 16.5. The van der Waals surface area contributed by atoms with Gasteiger partial charge in [-0.3, -0.25) is 9.78 Å². The van der Waals surface area contributed by atoms with Crippen molar-refractivity contribution in [1.29, 1.82) is 5.26 Å². The van der Waals surface area contributed by atoms with Crippen LogP contribution < -0.4 is 10.1 Å². The van der Waals surface area contributed by atoms with Crippen LogP contribution in [-0.4, -0.2) is 18.0 Å². The van der Waals surface area contributed by atoms with Crippen molar-refractivity contribution in [2.45, 2.75) is 18.4 Å². The first-order valence-electron chi connectivity index (χ1n) is 7.47. The molecule has 3 rings (SSSR count). The van der Waals surface area contributed by atoms with Crippen molar-refractivity contribution < 1.29 is 9.53 Å². The lowest BCUT2D eigenvalue weighted by Crippen LogP contribution is -2.29. The number of para-hydroxylation sites is 1. The molecule has 0 radical (unpaired) electrons. The predicted octanol–water partition coefficient (Wildman–Crippen LogP) is 2.57. The molecule has 0 saturated heterocycles. The molecule has 3 atom stereocenters. The molecular formula is C18H17N3O2. The summed E-state index contributed by atoms with van der Waals surface area (Å²) in [6.45, 7) is 0. The number of amides is 1. The average Bonchev–Trinajstić information content (AvgIpc) is 3.41. The number of carbonyl (C=O) groups excluding carboxylic acids is 1. The third-order valence-electron chi connectivity index (χ3n) is 4.11. The first kappa shape index (κ1) is 15.0. The van der Waals surface area contributed by atoms with Gasteiger partial charge in [-0.1, -0.05) is 24.3 Å². The second-order valence-electron chi connectivity index (χ2n) is 5.55. The topological polar surface area (TPSA) is 75.0 Å². The van der Waals surface area contributed by atoms with E-state index < -0.39 is 6.04 Å². The minimum Gasteiger partial charge on any atom is -0.496 e. The Morgan fingerprint density at radius 3 is 2.91 bits per heavy atom. The van der Waals surface area contributed by atoms with Crippen LogP contribution in [0.2, 0.25) is 0 Å². The second-order valence-corrected chi connectivity index (χ2v) is 5.55. The monoisotopic (exact) mass is 307 g/mol. The summed E-state index contributed by atoms with van der Waals surface area (Å²) in [5.74, 6) is 0.598. The molecule has 1 aliphatic carbocycles. The third kappa shape index (κ3) is 3.16. The molecule has 1 aromatic heterocycles. The Morgan fingerprint density at radius 1 is 1.39 bits per heavy atom. The van der Waals surface area contributed by atoms with Gasteiger partial charge in [0, 0.05) is 23.9 Å². The number of ether oxygens (including phenoxy) is 1. The maximum atomic E-state index is 12.4. The lowest BCUT2D eigenvalue weighted by atomic mass is 10.1. The van der Waals surface area contributed by atoms with E-state index in [0.717, 1.165) is 12.0 Å². The molecule has 5 heteroatoms. The Hall–Kier alpha value is -2.87. The van der Waals surface area contributed by atoms with Crippen LogP contribution in [0, 0.1) is 17.2 Å². The van der Waals surface area contributed by atoms with Gasteiger partial charge in [0.05, 0.1) is 13.2 Å². The van der Waals surface area contributed by atoms with E-state index >= 15 is 0 Å². The molecule has 0 bridgehead atoms. The number of rotatable bonds is 5. The van der Waals surface area contributed by atoms with Crippen molar-refractivity contribution in [3.05, 3.63) is 59.9 Å². The normalized spacial score (nSPS) is 20.2. The number of hydrogen-bond acceptors (Lipinski definition) is 4. The van der Waals surface area contributed by atoms with Crippen LogP contribution in [-0.2, 0) is 4.79 Å². The van der Waals surface area contributed by atoms with Gasteiger partial charge in [-0.15, -0.1) is 0 Å². The van der Waals surface area contributed by atoms with Gasteiger partial charge in [0.1, 0.15) is 11.8 Å². The predicted molar refractivity (Wildman–Crippen MR) is 84.6 cm³/mol. The van der Waals surface area contributed by atoms with Crippen molar-refractivity contribution in [3.8, 4) is 11.8 Å². The number of hydrogen-bond donors (Lipinski definition) is 1. The number of nitriles is 1. The van der Waals surface area contributed by atoms with Crippen LogP contribution in [0.1, 0.15) is 29.5 Å². The van der Waals surface area contributed by atoms with Crippen LogP contribution in [0.25, 0.3) is 0 Å². The van der Waals surface area contributed by atoms with Gasteiger partial charge in [0.2, 0.25) is 5.91 Å². The molecule has 1 aliphatic rings. The number of methoxy groups -OCH3 is 1. The fourth-order valence-electron chi connectivity index (χ4n) is 2.78. The molecule has 0 spiro atoms. The molecule has 1 saturated carbocycles. The molecule has 1 amide bonds. The molecule has 116 valence electrons. The number of nitrogens with one attached hydrogen (secondary N) is 1. The zero-order valence-electron chi connectivity index (χ0n) is 12.8. The molecular weight excluding hydrogens is 290 g/mol. The number of aromatic nitrogens is 1. The highest BCUT2D eigenvalue weighted by Gasteiger charge is 2.44. The average molecular weight is 307 g/mol. The first-order chi connectivity index (χ1) is 11.2. The van der Waals surface area contributed by atoms with E-state index in [1.807, 2.05) is 24.3 Å². The number of pyridine rings is 1. The molecule has 2 aromatic rings. The second kappa shape index (κ2) is 6.49. The quantitative estimate of drug-likeness (QED) is 0.921. The van der Waals surface area contributed by atoms with Gasteiger partial charge in [-0.25, -0.2) is 0 Å². The van der Waals surface area contributed by atoms with Crippen LogP contribution in [0.3, 0.4) is 0 Å². The summed E-state index contributed by atoms with van der Waals surface area (Å²) < 4.78 is 5.27. The highest BCUT2D eigenvalue weighted by molar-refractivity contribution is 5.83. The molecule has 1 fully saturated rings. The molecule has 0 aliphatic heterocycles. The lowest BCUT2D eigenvalue weighted by Gasteiger charge is -2.15. The summed E-state index contributed by atoms with van der Waals surface area (Å²) >= 11 is 0. The zero-order valence-corrected chi connectivity index (χ0v) is 12.8. The standard InChI is InChI=1S/C18H17N3O2/c1-23-17-7-3-2-6-13(17)16(10-19)21-18(22)15-9-14(15)12-5-4-8-20-11-12/h2-8,11,14-16H,9H2,1H3,(H,21,22). The van der Waals surface area contributed by atoms with Crippen LogP contribution in [0.4, 0.5) is 0 Å². The molecule has 3 unspecified atom stereocenters. The molecule has 1 heterocycles. The number of benzene rings is 1. The van der Waals surface area contributed by atoms with Crippen molar-refractivity contribution >= 4 is 5.91 Å². The Kier molecular flexibility index (Phi) is 4.24. The Morgan fingerprint density at radius 2 is 2.22 bits per heavy atom. The van der Waals surface area contributed by atoms with Gasteiger partial charge >= 0.3 is 0 Å².